The summed E-state index contributed by atoms with van der Waals surface area (Å²) in [6, 6.07) is 5.59. The van der Waals surface area contributed by atoms with Crippen LogP contribution < -0.4 is 9.47 Å². The van der Waals surface area contributed by atoms with Gasteiger partial charge in [-0.25, -0.2) is 0 Å². The fourth-order valence-electron chi connectivity index (χ4n) is 2.70. The van der Waals surface area contributed by atoms with Crippen LogP contribution in [0, 0.1) is 11.8 Å². The maximum Gasteiger partial charge on any atom is 0.161 e. The zero-order valence-electron chi connectivity index (χ0n) is 12.1. The summed E-state index contributed by atoms with van der Waals surface area (Å²) in [5.74, 6) is 2.97. The van der Waals surface area contributed by atoms with Crippen LogP contribution in [-0.2, 0) is 6.61 Å². The van der Waals surface area contributed by atoms with Crippen molar-refractivity contribution >= 4 is 0 Å². The lowest BCUT2D eigenvalue weighted by Gasteiger charge is -2.32. The van der Waals surface area contributed by atoms with Crippen LogP contribution in [0.15, 0.2) is 18.2 Å². The molecule has 1 aliphatic rings. The van der Waals surface area contributed by atoms with Gasteiger partial charge in [-0.3, -0.25) is 0 Å². The van der Waals surface area contributed by atoms with Crippen LogP contribution in [0.4, 0.5) is 0 Å². The molecule has 19 heavy (non-hydrogen) atoms. The standard InChI is InChI=1S/C16H24O3/c1-11-4-6-14(8-12(11)2)19-16-9-13(10-17)5-7-15(16)18-3/h5,7,9,11-12,14,17H,4,6,8,10H2,1-3H3. The SMILES string of the molecule is COc1ccc(CO)cc1OC1CCC(C)C(C)C1. The molecule has 0 aromatic heterocycles. The Balaban J connectivity index is 2.09. The molecule has 0 radical (unpaired) electrons. The number of rotatable bonds is 4. The molecule has 3 unspecified atom stereocenters. The van der Waals surface area contributed by atoms with E-state index in [-0.39, 0.29) is 12.7 Å². The molecule has 0 aliphatic heterocycles. The third kappa shape index (κ3) is 3.41. The van der Waals surface area contributed by atoms with Gasteiger partial charge in [-0.1, -0.05) is 19.9 Å². The molecule has 0 heterocycles. The lowest BCUT2D eigenvalue weighted by Crippen LogP contribution is -2.28. The number of hydrogen-bond donors (Lipinski definition) is 1. The monoisotopic (exact) mass is 264 g/mol. The number of hydrogen-bond acceptors (Lipinski definition) is 3. The van der Waals surface area contributed by atoms with Crippen molar-refractivity contribution in [1.82, 2.24) is 0 Å². The highest BCUT2D eigenvalue weighted by molar-refractivity contribution is 5.42. The Morgan fingerprint density at radius 3 is 2.58 bits per heavy atom. The van der Waals surface area contributed by atoms with E-state index < -0.39 is 0 Å². The zero-order valence-corrected chi connectivity index (χ0v) is 12.1. The highest BCUT2D eigenvalue weighted by Crippen LogP contribution is 2.35. The van der Waals surface area contributed by atoms with Crippen molar-refractivity contribution in [3.8, 4) is 11.5 Å². The summed E-state index contributed by atoms with van der Waals surface area (Å²) < 4.78 is 11.4. The summed E-state index contributed by atoms with van der Waals surface area (Å²) in [7, 11) is 1.65. The van der Waals surface area contributed by atoms with E-state index in [9.17, 15) is 5.11 Å². The summed E-state index contributed by atoms with van der Waals surface area (Å²) in [6.07, 6.45) is 3.66. The Bertz CT molecular complexity index is 416. The molecule has 0 bridgehead atoms. The molecule has 0 amide bonds. The van der Waals surface area contributed by atoms with Gasteiger partial charge in [-0.15, -0.1) is 0 Å². The molecule has 1 aromatic carbocycles. The number of aliphatic hydroxyl groups excluding tert-OH is 1. The molecule has 1 fully saturated rings. The second-order valence-corrected chi connectivity index (χ2v) is 5.65. The number of ether oxygens (including phenoxy) is 2. The van der Waals surface area contributed by atoms with Gasteiger partial charge in [0, 0.05) is 0 Å². The molecule has 3 atom stereocenters. The molecule has 106 valence electrons. The van der Waals surface area contributed by atoms with E-state index in [1.807, 2.05) is 18.2 Å². The van der Waals surface area contributed by atoms with Crippen LogP contribution in [0.5, 0.6) is 11.5 Å². The van der Waals surface area contributed by atoms with Gasteiger partial charge in [0.2, 0.25) is 0 Å². The van der Waals surface area contributed by atoms with E-state index in [1.54, 1.807) is 7.11 Å². The van der Waals surface area contributed by atoms with Crippen molar-refractivity contribution in [3.63, 3.8) is 0 Å². The van der Waals surface area contributed by atoms with Gasteiger partial charge >= 0.3 is 0 Å². The average molecular weight is 264 g/mol. The van der Waals surface area contributed by atoms with Gasteiger partial charge in [0.15, 0.2) is 11.5 Å². The van der Waals surface area contributed by atoms with E-state index in [0.29, 0.717) is 5.92 Å². The maximum atomic E-state index is 9.21. The van der Waals surface area contributed by atoms with Crippen molar-refractivity contribution in [3.05, 3.63) is 23.8 Å². The Morgan fingerprint density at radius 2 is 1.95 bits per heavy atom. The zero-order chi connectivity index (χ0) is 13.8. The Kier molecular flexibility index (Phi) is 4.70. The largest absolute Gasteiger partial charge is 0.493 e. The lowest BCUT2D eigenvalue weighted by atomic mass is 9.80. The molecule has 0 spiro atoms. The smallest absolute Gasteiger partial charge is 0.161 e. The molecule has 1 saturated carbocycles. The van der Waals surface area contributed by atoms with Crippen LogP contribution in [-0.4, -0.2) is 18.3 Å². The fourth-order valence-corrected chi connectivity index (χ4v) is 2.70. The van der Waals surface area contributed by atoms with Crippen molar-refractivity contribution in [2.75, 3.05) is 7.11 Å². The number of aliphatic hydroxyl groups is 1. The summed E-state index contributed by atoms with van der Waals surface area (Å²) in [6.45, 7) is 4.63. The summed E-state index contributed by atoms with van der Waals surface area (Å²) in [5, 5.41) is 9.21. The molecule has 1 aromatic rings. The molecule has 3 nitrogen and oxygen atoms in total. The van der Waals surface area contributed by atoms with Crippen molar-refractivity contribution in [1.29, 1.82) is 0 Å². The second kappa shape index (κ2) is 6.29. The first-order valence-corrected chi connectivity index (χ1v) is 7.08. The normalized spacial score (nSPS) is 27.1. The Hall–Kier alpha value is -1.22. The maximum absolute atomic E-state index is 9.21. The third-order valence-electron chi connectivity index (χ3n) is 4.25. The molecular weight excluding hydrogens is 240 g/mol. The summed E-state index contributed by atoms with van der Waals surface area (Å²) >= 11 is 0. The van der Waals surface area contributed by atoms with Crippen molar-refractivity contribution < 1.29 is 14.6 Å². The van der Waals surface area contributed by atoms with Crippen LogP contribution >= 0.6 is 0 Å². The van der Waals surface area contributed by atoms with E-state index >= 15 is 0 Å². The molecule has 3 heteroatoms. The number of benzene rings is 1. The average Bonchev–Trinajstić information content (AvgIpc) is 2.43. The lowest BCUT2D eigenvalue weighted by molar-refractivity contribution is 0.0975. The second-order valence-electron chi connectivity index (χ2n) is 5.65. The summed E-state index contributed by atoms with van der Waals surface area (Å²) in [5.41, 5.74) is 0.855. The minimum absolute atomic E-state index is 0.0262. The van der Waals surface area contributed by atoms with Gasteiger partial charge in [0.05, 0.1) is 19.8 Å². The van der Waals surface area contributed by atoms with Gasteiger partial charge in [0.1, 0.15) is 0 Å². The Labute approximate surface area is 115 Å². The van der Waals surface area contributed by atoms with E-state index in [0.717, 1.165) is 35.8 Å². The third-order valence-corrected chi connectivity index (χ3v) is 4.25. The molecule has 1 aliphatic carbocycles. The minimum atomic E-state index is 0.0262. The van der Waals surface area contributed by atoms with Gasteiger partial charge < -0.3 is 14.6 Å². The van der Waals surface area contributed by atoms with Crippen LogP contribution in [0.1, 0.15) is 38.7 Å². The highest BCUT2D eigenvalue weighted by atomic mass is 16.5. The fraction of sp³-hybridized carbons (Fsp3) is 0.625. The van der Waals surface area contributed by atoms with Crippen molar-refractivity contribution in [2.45, 2.75) is 45.8 Å². The Morgan fingerprint density at radius 1 is 1.16 bits per heavy atom. The van der Waals surface area contributed by atoms with Crippen LogP contribution in [0.2, 0.25) is 0 Å². The predicted octanol–water partition coefficient (Wildman–Crippen LogP) is 3.39. The van der Waals surface area contributed by atoms with Crippen LogP contribution in [0.25, 0.3) is 0 Å². The predicted molar refractivity (Wildman–Crippen MR) is 75.5 cm³/mol. The van der Waals surface area contributed by atoms with E-state index in [1.165, 1.54) is 6.42 Å². The quantitative estimate of drug-likeness (QED) is 0.906. The first-order valence-electron chi connectivity index (χ1n) is 7.08. The highest BCUT2D eigenvalue weighted by Gasteiger charge is 2.26. The van der Waals surface area contributed by atoms with Gasteiger partial charge in [0.25, 0.3) is 0 Å². The topological polar surface area (TPSA) is 38.7 Å². The van der Waals surface area contributed by atoms with Gasteiger partial charge in [-0.2, -0.15) is 0 Å². The van der Waals surface area contributed by atoms with E-state index in [2.05, 4.69) is 13.8 Å². The summed E-state index contributed by atoms with van der Waals surface area (Å²) in [4.78, 5) is 0. The first-order chi connectivity index (χ1) is 9.13. The van der Waals surface area contributed by atoms with Crippen molar-refractivity contribution in [2.24, 2.45) is 11.8 Å². The molecule has 1 N–H and O–H groups in total. The first kappa shape index (κ1) is 14.2. The van der Waals surface area contributed by atoms with Gasteiger partial charge in [-0.05, 0) is 48.8 Å². The molecule has 2 rings (SSSR count). The number of methoxy groups -OCH3 is 1. The van der Waals surface area contributed by atoms with Crippen LogP contribution in [0.3, 0.4) is 0 Å². The van der Waals surface area contributed by atoms with E-state index in [4.69, 9.17) is 9.47 Å². The molecular formula is C16H24O3. The molecule has 0 saturated heterocycles. The minimum Gasteiger partial charge on any atom is -0.493 e.